The Morgan fingerprint density at radius 3 is 2.20 bits per heavy atom. The third kappa shape index (κ3) is 10.0. The fourth-order valence-corrected chi connectivity index (χ4v) is 5.54. The summed E-state index contributed by atoms with van der Waals surface area (Å²) in [6, 6.07) is 5.38. The molecule has 8 nitrogen and oxygen atoms in total. The quantitative estimate of drug-likeness (QED) is 0.234. The number of imidazole rings is 1. The molecule has 1 amide bonds. The highest BCUT2D eigenvalue weighted by atomic mass is 16.5. The van der Waals surface area contributed by atoms with Crippen molar-refractivity contribution in [1.29, 1.82) is 0 Å². The first-order valence-corrected chi connectivity index (χ1v) is 15.9. The van der Waals surface area contributed by atoms with Gasteiger partial charge >= 0.3 is 5.97 Å². The second kappa shape index (κ2) is 16.1. The molecular weight excluding hydrogens is 514 g/mol. The van der Waals surface area contributed by atoms with Gasteiger partial charge in [0.1, 0.15) is 6.04 Å². The number of amides is 1. The number of esters is 1. The number of methoxy groups -OCH3 is 1. The van der Waals surface area contributed by atoms with Gasteiger partial charge in [-0.2, -0.15) is 0 Å². The Bertz CT molecular complexity index is 1090. The van der Waals surface area contributed by atoms with E-state index in [0.29, 0.717) is 35.7 Å². The minimum Gasteiger partial charge on any atom is -0.467 e. The summed E-state index contributed by atoms with van der Waals surface area (Å²) in [7, 11) is 1.43. The highest BCUT2D eigenvalue weighted by molar-refractivity contribution is 5.98. The van der Waals surface area contributed by atoms with Crippen LogP contribution in [0.3, 0.4) is 0 Å². The highest BCUT2D eigenvalue weighted by Crippen LogP contribution is 2.25. The molecule has 1 fully saturated rings. The van der Waals surface area contributed by atoms with Gasteiger partial charge in [-0.15, -0.1) is 0 Å². The number of likely N-dealkylation sites (tertiary alicyclic amines) is 1. The van der Waals surface area contributed by atoms with Crippen molar-refractivity contribution < 1.29 is 14.3 Å². The van der Waals surface area contributed by atoms with Gasteiger partial charge in [-0.05, 0) is 94.1 Å². The van der Waals surface area contributed by atoms with Crippen LogP contribution in [-0.2, 0) is 16.1 Å². The number of hydrogen-bond donors (Lipinski definition) is 1. The molecular formula is C33H55N5O3. The summed E-state index contributed by atoms with van der Waals surface area (Å²) in [5, 5.41) is 3.41. The molecule has 1 aliphatic rings. The number of anilines is 1. The van der Waals surface area contributed by atoms with Crippen LogP contribution in [0.4, 0.5) is 5.95 Å². The fraction of sp³-hybridized carbons (Fsp3) is 0.727. The maximum Gasteiger partial charge on any atom is 0.328 e. The number of benzene rings is 1. The van der Waals surface area contributed by atoms with E-state index in [4.69, 9.17) is 9.72 Å². The molecule has 1 aliphatic heterocycles. The Kier molecular flexibility index (Phi) is 12.9. The Hall–Kier alpha value is -2.61. The smallest absolute Gasteiger partial charge is 0.328 e. The van der Waals surface area contributed by atoms with Crippen LogP contribution in [-0.4, -0.2) is 77.1 Å². The Morgan fingerprint density at radius 2 is 1.61 bits per heavy atom. The average Bonchev–Trinajstić information content (AvgIpc) is 3.28. The molecule has 2 heterocycles. The second-order valence-corrected chi connectivity index (χ2v) is 13.1. The summed E-state index contributed by atoms with van der Waals surface area (Å²) < 4.78 is 7.29. The molecule has 230 valence electrons. The van der Waals surface area contributed by atoms with Crippen LogP contribution < -0.4 is 5.32 Å². The number of nitrogens with one attached hydrogen (secondary N) is 1. The van der Waals surface area contributed by atoms with Crippen LogP contribution in [0.1, 0.15) is 96.8 Å². The van der Waals surface area contributed by atoms with Gasteiger partial charge in [0.15, 0.2) is 0 Å². The van der Waals surface area contributed by atoms with E-state index in [1.54, 1.807) is 0 Å². The molecule has 1 N–H and O–H groups in total. The number of hydrogen-bond acceptors (Lipinski definition) is 6. The normalized spacial score (nSPS) is 15.2. The predicted octanol–water partition coefficient (Wildman–Crippen LogP) is 6.45. The van der Waals surface area contributed by atoms with E-state index in [2.05, 4.69) is 56.3 Å². The van der Waals surface area contributed by atoms with Crippen molar-refractivity contribution in [2.24, 2.45) is 17.8 Å². The minimum atomic E-state index is -0.485. The van der Waals surface area contributed by atoms with Gasteiger partial charge in [-0.25, -0.2) is 9.78 Å². The number of rotatable bonds is 16. The van der Waals surface area contributed by atoms with Gasteiger partial charge in [0.25, 0.3) is 5.91 Å². The molecule has 1 aromatic heterocycles. The molecule has 1 aromatic carbocycles. The van der Waals surface area contributed by atoms with E-state index in [0.717, 1.165) is 69.6 Å². The lowest BCUT2D eigenvalue weighted by atomic mass is 10.0. The second-order valence-electron chi connectivity index (χ2n) is 13.1. The van der Waals surface area contributed by atoms with Gasteiger partial charge in [0.2, 0.25) is 5.95 Å². The summed E-state index contributed by atoms with van der Waals surface area (Å²) in [6.07, 6.45) is 7.45. The molecule has 1 unspecified atom stereocenters. The van der Waals surface area contributed by atoms with Crippen molar-refractivity contribution in [1.82, 2.24) is 19.4 Å². The van der Waals surface area contributed by atoms with Crippen LogP contribution in [0.2, 0.25) is 0 Å². The van der Waals surface area contributed by atoms with Crippen LogP contribution in [0.5, 0.6) is 0 Å². The van der Waals surface area contributed by atoms with Crippen LogP contribution in [0.25, 0.3) is 11.0 Å². The lowest BCUT2D eigenvalue weighted by Gasteiger charge is -2.26. The Labute approximate surface area is 248 Å². The molecule has 3 rings (SSSR count). The maximum absolute atomic E-state index is 13.8. The zero-order valence-corrected chi connectivity index (χ0v) is 26.7. The van der Waals surface area contributed by atoms with Gasteiger partial charge in [-0.1, -0.05) is 48.0 Å². The zero-order valence-electron chi connectivity index (χ0n) is 26.7. The van der Waals surface area contributed by atoms with E-state index in [-0.39, 0.29) is 11.9 Å². The monoisotopic (exact) mass is 569 g/mol. The number of aromatic nitrogens is 2. The zero-order chi connectivity index (χ0) is 29.9. The van der Waals surface area contributed by atoms with E-state index in [1.165, 1.54) is 26.4 Å². The molecule has 0 bridgehead atoms. The third-order valence-electron chi connectivity index (χ3n) is 8.04. The minimum absolute atomic E-state index is 0.0796. The summed E-state index contributed by atoms with van der Waals surface area (Å²) in [5.41, 5.74) is 2.45. The summed E-state index contributed by atoms with van der Waals surface area (Å²) in [5.74, 6) is 1.85. The first kappa shape index (κ1) is 32.9. The summed E-state index contributed by atoms with van der Waals surface area (Å²) in [6.45, 7) is 18.6. The number of aryl methyl sites for hydroxylation is 1. The number of ether oxygens (including phenoxy) is 1. The molecule has 0 radical (unpaired) electrons. The summed E-state index contributed by atoms with van der Waals surface area (Å²) in [4.78, 5) is 35.9. The molecule has 1 saturated heterocycles. The van der Waals surface area contributed by atoms with Crippen molar-refractivity contribution in [3.05, 3.63) is 23.8 Å². The van der Waals surface area contributed by atoms with Crippen LogP contribution in [0.15, 0.2) is 18.2 Å². The van der Waals surface area contributed by atoms with Crippen molar-refractivity contribution in [2.45, 2.75) is 99.1 Å². The van der Waals surface area contributed by atoms with Crippen LogP contribution >= 0.6 is 0 Å². The number of fused-ring (bicyclic) bond motifs is 1. The van der Waals surface area contributed by atoms with E-state index in [9.17, 15) is 9.59 Å². The lowest BCUT2D eigenvalue weighted by Crippen LogP contribution is -2.34. The first-order chi connectivity index (χ1) is 19.6. The van der Waals surface area contributed by atoms with Crippen molar-refractivity contribution in [3.63, 3.8) is 0 Å². The van der Waals surface area contributed by atoms with E-state index >= 15 is 0 Å². The summed E-state index contributed by atoms with van der Waals surface area (Å²) >= 11 is 0. The van der Waals surface area contributed by atoms with E-state index < -0.39 is 6.04 Å². The number of nitrogens with zero attached hydrogens (tertiary/aromatic N) is 4. The Balaban J connectivity index is 1.93. The van der Waals surface area contributed by atoms with Gasteiger partial charge < -0.3 is 24.4 Å². The standard InChI is InChI=1S/C33H55N5O3/c1-24(2)14-20-37(21-15-25(3)4)31(39)27-12-13-28-30(23-27)38(19-11-18-36-16-9-8-10-17-36)33(34-28)35-29(22-26(5)6)32(40)41-7/h12-13,23-26,29H,8-11,14-22H2,1-7H3,(H,34,35). The largest absolute Gasteiger partial charge is 0.467 e. The van der Waals surface area contributed by atoms with Gasteiger partial charge in [-0.3, -0.25) is 4.79 Å². The first-order valence-electron chi connectivity index (χ1n) is 15.9. The number of carbonyl (C=O) groups is 2. The topological polar surface area (TPSA) is 79.7 Å². The molecule has 41 heavy (non-hydrogen) atoms. The third-order valence-corrected chi connectivity index (χ3v) is 8.04. The van der Waals surface area contributed by atoms with Crippen molar-refractivity contribution in [3.8, 4) is 0 Å². The fourth-order valence-electron chi connectivity index (χ4n) is 5.54. The van der Waals surface area contributed by atoms with Crippen molar-refractivity contribution >= 4 is 28.9 Å². The SMILES string of the molecule is COC(=O)C(CC(C)C)Nc1nc2ccc(C(=O)N(CCC(C)C)CCC(C)C)cc2n1CCCN1CCCCC1. The number of piperidine rings is 1. The van der Waals surface area contributed by atoms with Crippen LogP contribution in [0, 0.1) is 17.8 Å². The molecule has 8 heteroatoms. The maximum atomic E-state index is 13.8. The molecule has 0 spiro atoms. The molecule has 1 atom stereocenters. The van der Waals surface area contributed by atoms with Gasteiger partial charge in [0, 0.05) is 25.2 Å². The van der Waals surface area contributed by atoms with Crippen molar-refractivity contribution in [2.75, 3.05) is 45.2 Å². The molecule has 0 aliphatic carbocycles. The highest BCUT2D eigenvalue weighted by Gasteiger charge is 2.24. The van der Waals surface area contributed by atoms with E-state index in [1.807, 2.05) is 23.1 Å². The lowest BCUT2D eigenvalue weighted by molar-refractivity contribution is -0.141. The molecule has 2 aromatic rings. The molecule has 0 saturated carbocycles. The Morgan fingerprint density at radius 1 is 0.951 bits per heavy atom. The van der Waals surface area contributed by atoms with Gasteiger partial charge in [0.05, 0.1) is 18.1 Å². The predicted molar refractivity (Wildman–Crippen MR) is 168 cm³/mol. The average molecular weight is 570 g/mol. The number of carbonyl (C=O) groups excluding carboxylic acids is 2.